The number of nitrogens with zero attached hydrogens (tertiary/aromatic N) is 1. The molecular weight excluding hydrogens is 278 g/mol. The Bertz CT molecular complexity index is 419. The Morgan fingerprint density at radius 1 is 1.50 bits per heavy atom. The SMILES string of the molecule is CCOCCCN(CC(C)C(=O)O)C(=O)c1cccs1. The Morgan fingerprint density at radius 3 is 2.80 bits per heavy atom. The lowest BCUT2D eigenvalue weighted by Gasteiger charge is -2.24. The highest BCUT2D eigenvalue weighted by molar-refractivity contribution is 7.12. The van der Waals surface area contributed by atoms with E-state index >= 15 is 0 Å². The fraction of sp³-hybridized carbons (Fsp3) is 0.571. The van der Waals surface area contributed by atoms with Crippen LogP contribution in [0.25, 0.3) is 0 Å². The first-order chi connectivity index (χ1) is 9.56. The van der Waals surface area contributed by atoms with Crippen LogP contribution in [0, 0.1) is 5.92 Å². The van der Waals surface area contributed by atoms with E-state index in [0.29, 0.717) is 31.1 Å². The number of aliphatic carboxylic acids is 1. The van der Waals surface area contributed by atoms with Gasteiger partial charge in [-0.15, -0.1) is 11.3 Å². The largest absolute Gasteiger partial charge is 0.481 e. The molecule has 0 aliphatic carbocycles. The van der Waals surface area contributed by atoms with Crippen molar-refractivity contribution in [2.75, 3.05) is 26.3 Å². The smallest absolute Gasteiger partial charge is 0.308 e. The maximum Gasteiger partial charge on any atom is 0.308 e. The Morgan fingerprint density at radius 2 is 2.25 bits per heavy atom. The van der Waals surface area contributed by atoms with E-state index in [0.717, 1.165) is 0 Å². The topological polar surface area (TPSA) is 66.8 Å². The van der Waals surface area contributed by atoms with Gasteiger partial charge in [-0.2, -0.15) is 0 Å². The van der Waals surface area contributed by atoms with Crippen LogP contribution in [-0.4, -0.2) is 48.2 Å². The third-order valence-electron chi connectivity index (χ3n) is 2.86. The fourth-order valence-electron chi connectivity index (χ4n) is 1.74. The van der Waals surface area contributed by atoms with Crippen molar-refractivity contribution >= 4 is 23.2 Å². The van der Waals surface area contributed by atoms with Crippen LogP contribution >= 0.6 is 11.3 Å². The molecular formula is C14H21NO4S. The zero-order valence-corrected chi connectivity index (χ0v) is 12.7. The van der Waals surface area contributed by atoms with Gasteiger partial charge in [-0.25, -0.2) is 0 Å². The van der Waals surface area contributed by atoms with Crippen LogP contribution in [0.1, 0.15) is 29.9 Å². The number of rotatable bonds is 9. The van der Waals surface area contributed by atoms with E-state index in [4.69, 9.17) is 9.84 Å². The molecule has 6 heteroatoms. The highest BCUT2D eigenvalue weighted by Crippen LogP contribution is 2.14. The van der Waals surface area contributed by atoms with Crippen LogP contribution in [0.2, 0.25) is 0 Å². The molecule has 0 bridgehead atoms. The Balaban J connectivity index is 2.63. The maximum atomic E-state index is 12.3. The molecule has 1 atom stereocenters. The number of carbonyl (C=O) groups excluding carboxylic acids is 1. The summed E-state index contributed by atoms with van der Waals surface area (Å²) in [7, 11) is 0. The number of carboxylic acid groups (broad SMARTS) is 1. The van der Waals surface area contributed by atoms with E-state index in [9.17, 15) is 9.59 Å². The second kappa shape index (κ2) is 8.71. The summed E-state index contributed by atoms with van der Waals surface area (Å²) >= 11 is 1.37. The lowest BCUT2D eigenvalue weighted by molar-refractivity contribution is -0.141. The quantitative estimate of drug-likeness (QED) is 0.711. The normalized spacial score (nSPS) is 12.1. The highest BCUT2D eigenvalue weighted by Gasteiger charge is 2.21. The molecule has 0 radical (unpaired) electrons. The second-order valence-electron chi connectivity index (χ2n) is 4.52. The van der Waals surface area contributed by atoms with Crippen molar-refractivity contribution in [1.82, 2.24) is 4.90 Å². The van der Waals surface area contributed by atoms with E-state index in [1.54, 1.807) is 17.9 Å². The Labute approximate surface area is 123 Å². The molecule has 0 aromatic carbocycles. The molecule has 1 aromatic heterocycles. The summed E-state index contributed by atoms with van der Waals surface area (Å²) in [6, 6.07) is 3.57. The van der Waals surface area contributed by atoms with Gasteiger partial charge in [-0.3, -0.25) is 9.59 Å². The number of amides is 1. The molecule has 20 heavy (non-hydrogen) atoms. The zero-order valence-electron chi connectivity index (χ0n) is 11.9. The van der Waals surface area contributed by atoms with Gasteiger partial charge in [0.25, 0.3) is 5.91 Å². The molecule has 0 fully saturated rings. The lowest BCUT2D eigenvalue weighted by Crippen LogP contribution is -2.37. The number of carboxylic acids is 1. The molecule has 1 N–H and O–H groups in total. The average molecular weight is 299 g/mol. The molecule has 5 nitrogen and oxygen atoms in total. The van der Waals surface area contributed by atoms with Crippen molar-refractivity contribution in [3.05, 3.63) is 22.4 Å². The number of carbonyl (C=O) groups is 2. The van der Waals surface area contributed by atoms with Crippen molar-refractivity contribution in [3.63, 3.8) is 0 Å². The molecule has 1 aromatic rings. The summed E-state index contributed by atoms with van der Waals surface area (Å²) in [6.07, 6.45) is 0.706. The fourth-order valence-corrected chi connectivity index (χ4v) is 2.43. The summed E-state index contributed by atoms with van der Waals surface area (Å²) < 4.78 is 5.26. The first-order valence-electron chi connectivity index (χ1n) is 6.69. The average Bonchev–Trinajstić information content (AvgIpc) is 2.95. The molecule has 1 amide bonds. The van der Waals surface area contributed by atoms with Crippen LogP contribution in [0.4, 0.5) is 0 Å². The standard InChI is InChI=1S/C14H21NO4S/c1-3-19-8-5-7-15(10-11(2)14(17)18)13(16)12-6-4-9-20-12/h4,6,9,11H,3,5,7-8,10H2,1-2H3,(H,17,18). The van der Waals surface area contributed by atoms with E-state index in [-0.39, 0.29) is 12.5 Å². The van der Waals surface area contributed by atoms with Gasteiger partial charge in [-0.05, 0) is 24.8 Å². The van der Waals surface area contributed by atoms with Crippen molar-refractivity contribution in [2.45, 2.75) is 20.3 Å². The predicted octanol–water partition coefficient (Wildman–Crippen LogP) is 2.34. The summed E-state index contributed by atoms with van der Waals surface area (Å²) in [5, 5.41) is 10.8. The van der Waals surface area contributed by atoms with Gasteiger partial charge in [0.05, 0.1) is 10.8 Å². The number of hydrogen-bond donors (Lipinski definition) is 1. The molecule has 0 aliphatic heterocycles. The molecule has 0 aliphatic rings. The Kier molecular flexibility index (Phi) is 7.25. The molecule has 112 valence electrons. The van der Waals surface area contributed by atoms with Crippen LogP contribution < -0.4 is 0 Å². The lowest BCUT2D eigenvalue weighted by atomic mass is 10.1. The first-order valence-corrected chi connectivity index (χ1v) is 7.57. The minimum absolute atomic E-state index is 0.107. The molecule has 0 spiro atoms. The zero-order chi connectivity index (χ0) is 15.0. The summed E-state index contributed by atoms with van der Waals surface area (Å²) in [5.41, 5.74) is 0. The summed E-state index contributed by atoms with van der Waals surface area (Å²) in [5.74, 6) is -1.57. The first kappa shape index (κ1) is 16.7. The van der Waals surface area contributed by atoms with E-state index < -0.39 is 11.9 Å². The third-order valence-corrected chi connectivity index (χ3v) is 3.71. The number of ether oxygens (including phenoxy) is 1. The van der Waals surface area contributed by atoms with Gasteiger partial charge in [0.2, 0.25) is 0 Å². The van der Waals surface area contributed by atoms with Gasteiger partial charge in [0, 0.05) is 26.3 Å². The highest BCUT2D eigenvalue weighted by atomic mass is 32.1. The van der Waals surface area contributed by atoms with Gasteiger partial charge in [0.15, 0.2) is 0 Å². The van der Waals surface area contributed by atoms with Crippen molar-refractivity contribution in [2.24, 2.45) is 5.92 Å². The van der Waals surface area contributed by atoms with Crippen LogP contribution in [0.5, 0.6) is 0 Å². The summed E-state index contributed by atoms with van der Waals surface area (Å²) in [6.45, 7) is 5.48. The number of hydrogen-bond acceptors (Lipinski definition) is 4. The van der Waals surface area contributed by atoms with E-state index in [1.807, 2.05) is 18.4 Å². The molecule has 0 saturated heterocycles. The van der Waals surface area contributed by atoms with Crippen molar-refractivity contribution in [3.8, 4) is 0 Å². The molecule has 1 unspecified atom stereocenters. The van der Waals surface area contributed by atoms with Gasteiger partial charge in [-0.1, -0.05) is 13.0 Å². The van der Waals surface area contributed by atoms with Gasteiger partial charge >= 0.3 is 5.97 Å². The van der Waals surface area contributed by atoms with Crippen molar-refractivity contribution < 1.29 is 19.4 Å². The number of thiophene rings is 1. The van der Waals surface area contributed by atoms with Crippen molar-refractivity contribution in [1.29, 1.82) is 0 Å². The van der Waals surface area contributed by atoms with E-state index in [2.05, 4.69) is 0 Å². The van der Waals surface area contributed by atoms with E-state index in [1.165, 1.54) is 11.3 Å². The molecule has 0 saturated carbocycles. The van der Waals surface area contributed by atoms with Gasteiger partial charge in [0.1, 0.15) is 0 Å². The van der Waals surface area contributed by atoms with Crippen LogP contribution in [0.3, 0.4) is 0 Å². The predicted molar refractivity (Wildman–Crippen MR) is 78.1 cm³/mol. The minimum Gasteiger partial charge on any atom is -0.481 e. The second-order valence-corrected chi connectivity index (χ2v) is 5.47. The third kappa shape index (κ3) is 5.30. The molecule has 1 rings (SSSR count). The van der Waals surface area contributed by atoms with Crippen LogP contribution in [0.15, 0.2) is 17.5 Å². The molecule has 1 heterocycles. The Hall–Kier alpha value is -1.40. The minimum atomic E-state index is -0.890. The monoisotopic (exact) mass is 299 g/mol. The maximum absolute atomic E-state index is 12.3. The van der Waals surface area contributed by atoms with Crippen LogP contribution in [-0.2, 0) is 9.53 Å². The summed E-state index contributed by atoms with van der Waals surface area (Å²) in [4.78, 5) is 25.5. The van der Waals surface area contributed by atoms with Gasteiger partial charge < -0.3 is 14.7 Å².